The first-order valence-electron chi connectivity index (χ1n) is 4.63. The first kappa shape index (κ1) is 10.7. The number of anilines is 1. The molecule has 1 atom stereocenters. The van der Waals surface area contributed by atoms with Gasteiger partial charge in [0.25, 0.3) is 0 Å². The second-order valence-electron chi connectivity index (χ2n) is 3.21. The fraction of sp³-hybridized carbons (Fsp3) is 0.556. The number of hydrogen-bond donors (Lipinski definition) is 2. The maximum atomic E-state index is 11.4. The molecule has 3 N–H and O–H groups in total. The molecule has 0 aliphatic carbocycles. The van der Waals surface area contributed by atoms with E-state index in [4.69, 9.17) is 10.3 Å². The molecule has 1 amide bonds. The molecule has 1 rings (SSSR count). The number of carbonyl (C=O) groups is 1. The van der Waals surface area contributed by atoms with Crippen LogP contribution in [0.2, 0.25) is 0 Å². The van der Waals surface area contributed by atoms with Crippen molar-refractivity contribution in [2.24, 2.45) is 5.73 Å². The molecule has 1 unspecified atom stereocenters. The van der Waals surface area contributed by atoms with Gasteiger partial charge < -0.3 is 15.6 Å². The summed E-state index contributed by atoms with van der Waals surface area (Å²) in [5.74, 6) is 0.851. The molecule has 0 spiro atoms. The van der Waals surface area contributed by atoms with Crippen molar-refractivity contribution in [1.82, 2.24) is 5.16 Å². The summed E-state index contributed by atoms with van der Waals surface area (Å²) in [6, 6.07) is 1.17. The smallest absolute Gasteiger partial charge is 0.242 e. The monoisotopic (exact) mass is 197 g/mol. The first-order chi connectivity index (χ1) is 6.63. The predicted octanol–water partition coefficient (Wildman–Crippen LogP) is 1.05. The van der Waals surface area contributed by atoms with Gasteiger partial charge in [-0.25, -0.2) is 0 Å². The van der Waals surface area contributed by atoms with E-state index < -0.39 is 6.04 Å². The molecule has 5 heteroatoms. The van der Waals surface area contributed by atoms with E-state index in [1.807, 2.05) is 6.92 Å². The molecule has 0 aromatic carbocycles. The maximum absolute atomic E-state index is 11.4. The number of hydrogen-bond acceptors (Lipinski definition) is 4. The lowest BCUT2D eigenvalue weighted by atomic mass is 10.2. The molecular formula is C9H15N3O2. The highest BCUT2D eigenvalue weighted by Gasteiger charge is 2.13. The lowest BCUT2D eigenvalue weighted by molar-refractivity contribution is -0.117. The van der Waals surface area contributed by atoms with Crippen LogP contribution in [-0.4, -0.2) is 17.1 Å². The van der Waals surface area contributed by atoms with Crippen molar-refractivity contribution >= 4 is 11.7 Å². The van der Waals surface area contributed by atoms with Crippen LogP contribution in [0.4, 0.5) is 5.82 Å². The van der Waals surface area contributed by atoms with Crippen LogP contribution in [0.15, 0.2) is 10.6 Å². The third kappa shape index (κ3) is 2.85. The van der Waals surface area contributed by atoms with Gasteiger partial charge in [-0.05, 0) is 13.3 Å². The Hall–Kier alpha value is -1.36. The van der Waals surface area contributed by atoms with Gasteiger partial charge in [0, 0.05) is 6.07 Å². The quantitative estimate of drug-likeness (QED) is 0.755. The predicted molar refractivity (Wildman–Crippen MR) is 52.8 cm³/mol. The summed E-state index contributed by atoms with van der Waals surface area (Å²) in [5.41, 5.74) is 5.61. The fourth-order valence-corrected chi connectivity index (χ4v) is 1.09. The molecule has 0 radical (unpaired) electrons. The minimum atomic E-state index is -0.475. The Bertz CT molecular complexity index is 309. The summed E-state index contributed by atoms with van der Waals surface area (Å²) in [4.78, 5) is 11.4. The molecule has 78 valence electrons. The standard InChI is InChI=1S/C9H15N3O2/c1-3-4-7(10)9(13)11-8-5-6(2)14-12-8/h5,7H,3-4,10H2,1-2H3,(H,11,12,13). The summed E-state index contributed by atoms with van der Waals surface area (Å²) in [7, 11) is 0. The normalized spacial score (nSPS) is 12.5. The van der Waals surface area contributed by atoms with Gasteiger partial charge in [-0.3, -0.25) is 4.79 Å². The van der Waals surface area contributed by atoms with Crippen molar-refractivity contribution in [1.29, 1.82) is 0 Å². The fourth-order valence-electron chi connectivity index (χ4n) is 1.09. The average Bonchev–Trinajstić information content (AvgIpc) is 2.51. The van der Waals surface area contributed by atoms with Crippen LogP contribution in [-0.2, 0) is 4.79 Å². The van der Waals surface area contributed by atoms with Gasteiger partial charge >= 0.3 is 0 Å². The third-order valence-electron chi connectivity index (χ3n) is 1.82. The first-order valence-corrected chi connectivity index (χ1v) is 4.63. The number of nitrogens with zero attached hydrogens (tertiary/aromatic N) is 1. The molecule has 0 aliphatic rings. The summed E-state index contributed by atoms with van der Waals surface area (Å²) in [5, 5.41) is 6.21. The largest absolute Gasteiger partial charge is 0.360 e. The Balaban J connectivity index is 2.48. The maximum Gasteiger partial charge on any atom is 0.242 e. The number of amides is 1. The number of aromatic nitrogens is 1. The van der Waals surface area contributed by atoms with Gasteiger partial charge in [0.2, 0.25) is 5.91 Å². The Labute approximate surface area is 82.6 Å². The highest BCUT2D eigenvalue weighted by atomic mass is 16.5. The molecule has 0 aliphatic heterocycles. The average molecular weight is 197 g/mol. The van der Waals surface area contributed by atoms with Gasteiger partial charge in [0.05, 0.1) is 6.04 Å². The van der Waals surface area contributed by atoms with Crippen molar-refractivity contribution in [2.45, 2.75) is 32.7 Å². The van der Waals surface area contributed by atoms with Gasteiger partial charge in [0.1, 0.15) is 5.76 Å². The number of aryl methyl sites for hydroxylation is 1. The topological polar surface area (TPSA) is 81.2 Å². The van der Waals surface area contributed by atoms with Crippen LogP contribution in [0.3, 0.4) is 0 Å². The van der Waals surface area contributed by atoms with Gasteiger partial charge in [-0.15, -0.1) is 0 Å². The molecule has 0 saturated heterocycles. The number of nitrogens with one attached hydrogen (secondary N) is 1. The van der Waals surface area contributed by atoms with Crippen molar-refractivity contribution < 1.29 is 9.32 Å². The van der Waals surface area contributed by atoms with Crippen molar-refractivity contribution in [2.75, 3.05) is 5.32 Å². The highest BCUT2D eigenvalue weighted by molar-refractivity contribution is 5.93. The second kappa shape index (κ2) is 4.76. The zero-order chi connectivity index (χ0) is 10.6. The molecule has 1 heterocycles. The summed E-state index contributed by atoms with van der Waals surface area (Å²) >= 11 is 0. The molecule has 5 nitrogen and oxygen atoms in total. The molecule has 1 aromatic heterocycles. The van der Waals surface area contributed by atoms with Crippen LogP contribution in [0.1, 0.15) is 25.5 Å². The Morgan fingerprint density at radius 1 is 1.79 bits per heavy atom. The van der Waals surface area contributed by atoms with E-state index in [1.54, 1.807) is 13.0 Å². The minimum absolute atomic E-state index is 0.222. The zero-order valence-electron chi connectivity index (χ0n) is 8.41. The van der Waals surface area contributed by atoms with E-state index >= 15 is 0 Å². The number of nitrogens with two attached hydrogens (primary N) is 1. The van der Waals surface area contributed by atoms with Gasteiger partial charge in [0.15, 0.2) is 5.82 Å². The minimum Gasteiger partial charge on any atom is -0.360 e. The van der Waals surface area contributed by atoms with E-state index in [0.717, 1.165) is 6.42 Å². The van der Waals surface area contributed by atoms with Crippen LogP contribution in [0.5, 0.6) is 0 Å². The Kier molecular flexibility index (Phi) is 3.64. The Morgan fingerprint density at radius 2 is 2.50 bits per heavy atom. The van der Waals surface area contributed by atoms with E-state index in [9.17, 15) is 4.79 Å². The summed E-state index contributed by atoms with van der Waals surface area (Å²) in [6.45, 7) is 3.74. The molecule has 1 aromatic rings. The van der Waals surface area contributed by atoms with Gasteiger partial charge in [-0.2, -0.15) is 0 Å². The lowest BCUT2D eigenvalue weighted by Gasteiger charge is -2.08. The SMILES string of the molecule is CCCC(N)C(=O)Nc1cc(C)on1. The van der Waals surface area contributed by atoms with E-state index in [1.165, 1.54) is 0 Å². The van der Waals surface area contributed by atoms with Crippen LogP contribution >= 0.6 is 0 Å². The number of rotatable bonds is 4. The lowest BCUT2D eigenvalue weighted by Crippen LogP contribution is -2.35. The summed E-state index contributed by atoms with van der Waals surface area (Å²) in [6.07, 6.45) is 1.55. The van der Waals surface area contributed by atoms with E-state index in [-0.39, 0.29) is 5.91 Å². The zero-order valence-corrected chi connectivity index (χ0v) is 8.41. The van der Waals surface area contributed by atoms with Gasteiger partial charge in [-0.1, -0.05) is 18.5 Å². The highest BCUT2D eigenvalue weighted by Crippen LogP contribution is 2.07. The number of carbonyl (C=O) groups excluding carboxylic acids is 1. The molecule has 0 bridgehead atoms. The summed E-state index contributed by atoms with van der Waals surface area (Å²) < 4.78 is 4.80. The molecular weight excluding hydrogens is 182 g/mol. The molecule has 0 fully saturated rings. The van der Waals surface area contributed by atoms with Crippen molar-refractivity contribution in [3.63, 3.8) is 0 Å². The van der Waals surface area contributed by atoms with Crippen LogP contribution in [0, 0.1) is 6.92 Å². The second-order valence-corrected chi connectivity index (χ2v) is 3.21. The van der Waals surface area contributed by atoms with Crippen LogP contribution < -0.4 is 11.1 Å². The molecule has 0 saturated carbocycles. The van der Waals surface area contributed by atoms with E-state index in [0.29, 0.717) is 18.0 Å². The van der Waals surface area contributed by atoms with Crippen molar-refractivity contribution in [3.8, 4) is 0 Å². The third-order valence-corrected chi connectivity index (χ3v) is 1.82. The molecule has 14 heavy (non-hydrogen) atoms. The van der Waals surface area contributed by atoms with Crippen LogP contribution in [0.25, 0.3) is 0 Å². The Morgan fingerprint density at radius 3 is 3.00 bits per heavy atom. The van der Waals surface area contributed by atoms with Crippen molar-refractivity contribution in [3.05, 3.63) is 11.8 Å². The van der Waals surface area contributed by atoms with E-state index in [2.05, 4.69) is 10.5 Å².